The predicted octanol–water partition coefficient (Wildman–Crippen LogP) is 0.503. The van der Waals surface area contributed by atoms with E-state index in [1.165, 1.54) is 7.11 Å². The van der Waals surface area contributed by atoms with Gasteiger partial charge in [0, 0.05) is 18.5 Å². The number of aliphatic carboxylic acids is 1. The van der Waals surface area contributed by atoms with Crippen molar-refractivity contribution in [3.8, 4) is 0 Å². The number of rotatable bonds is 6. The molecule has 0 amide bonds. The molecule has 1 heterocycles. The zero-order valence-corrected chi connectivity index (χ0v) is 11.4. The van der Waals surface area contributed by atoms with Gasteiger partial charge in [0.1, 0.15) is 0 Å². The van der Waals surface area contributed by atoms with Gasteiger partial charge in [0.15, 0.2) is 12.4 Å². The summed E-state index contributed by atoms with van der Waals surface area (Å²) in [5.74, 6) is -2.74. The third-order valence-corrected chi connectivity index (χ3v) is 3.44. The minimum atomic E-state index is -1.86. The van der Waals surface area contributed by atoms with Gasteiger partial charge in [-0.2, -0.15) is 5.06 Å². The largest absolute Gasteiger partial charge is 0.479 e. The maximum atomic E-state index is 12.0. The van der Waals surface area contributed by atoms with E-state index in [1.54, 1.807) is 30.3 Å². The molecule has 1 aromatic carbocycles. The summed E-state index contributed by atoms with van der Waals surface area (Å²) in [7, 11) is 1.28. The number of ketones is 1. The van der Waals surface area contributed by atoms with Crippen LogP contribution in [-0.2, 0) is 19.2 Å². The third kappa shape index (κ3) is 2.65. The van der Waals surface area contributed by atoms with Crippen molar-refractivity contribution in [1.29, 1.82) is 0 Å². The van der Waals surface area contributed by atoms with Gasteiger partial charge in [0.2, 0.25) is 5.54 Å². The molecule has 1 unspecified atom stereocenters. The Labute approximate surface area is 121 Å². The lowest BCUT2D eigenvalue weighted by molar-refractivity contribution is -0.261. The number of carbonyl (C=O) groups excluding carboxylic acids is 2. The van der Waals surface area contributed by atoms with E-state index in [9.17, 15) is 19.5 Å². The Morgan fingerprint density at radius 1 is 1.29 bits per heavy atom. The van der Waals surface area contributed by atoms with Crippen molar-refractivity contribution in [1.82, 2.24) is 5.06 Å². The van der Waals surface area contributed by atoms with Crippen LogP contribution in [0.15, 0.2) is 30.3 Å². The normalized spacial score (nSPS) is 21.4. The molecule has 2 rings (SSSR count). The van der Waals surface area contributed by atoms with E-state index in [4.69, 9.17) is 9.57 Å². The van der Waals surface area contributed by atoms with E-state index < -0.39 is 29.9 Å². The summed E-state index contributed by atoms with van der Waals surface area (Å²) in [5, 5.41) is 10.3. The van der Waals surface area contributed by atoms with E-state index in [0.29, 0.717) is 12.1 Å². The third-order valence-electron chi connectivity index (χ3n) is 3.44. The first-order valence-corrected chi connectivity index (χ1v) is 6.33. The molecule has 1 aliphatic rings. The summed E-state index contributed by atoms with van der Waals surface area (Å²) in [6, 6.07) is 8.31. The summed E-state index contributed by atoms with van der Waals surface area (Å²) < 4.78 is 4.87. The summed E-state index contributed by atoms with van der Waals surface area (Å²) in [4.78, 5) is 40.0. The van der Waals surface area contributed by atoms with Crippen LogP contribution in [0.25, 0.3) is 0 Å². The molecule has 7 heteroatoms. The van der Waals surface area contributed by atoms with Crippen molar-refractivity contribution < 1.29 is 29.1 Å². The topological polar surface area (TPSA) is 93.1 Å². The summed E-state index contributed by atoms with van der Waals surface area (Å²) in [6.45, 7) is -0.194. The lowest BCUT2D eigenvalue weighted by atomic mass is 9.87. The Kier molecular flexibility index (Phi) is 4.35. The number of benzene rings is 1. The average molecular weight is 293 g/mol. The second-order valence-electron chi connectivity index (χ2n) is 4.57. The molecule has 1 fully saturated rings. The molecule has 1 N–H and O–H groups in total. The summed E-state index contributed by atoms with van der Waals surface area (Å²) in [6.07, 6.45) is 0.0779. The molecular formula is C14H15NO6. The molecule has 0 aromatic heterocycles. The second-order valence-corrected chi connectivity index (χ2v) is 4.57. The van der Waals surface area contributed by atoms with Gasteiger partial charge in [0.05, 0.1) is 7.11 Å². The van der Waals surface area contributed by atoms with Crippen LogP contribution in [0, 0.1) is 0 Å². The molecule has 0 radical (unpaired) electrons. The molecule has 0 saturated carbocycles. The maximum Gasteiger partial charge on any atom is 0.341 e. The van der Waals surface area contributed by atoms with E-state index in [-0.39, 0.29) is 6.42 Å². The molecule has 0 aliphatic carbocycles. The van der Waals surface area contributed by atoms with E-state index >= 15 is 0 Å². The number of nitrogens with zero attached hydrogens (tertiary/aromatic N) is 1. The molecule has 112 valence electrons. The monoisotopic (exact) mass is 293 g/mol. The fraction of sp³-hybridized carbons (Fsp3) is 0.357. The number of hydrogen-bond acceptors (Lipinski definition) is 6. The van der Waals surface area contributed by atoms with E-state index in [2.05, 4.69) is 0 Å². The lowest BCUT2D eigenvalue weighted by Gasteiger charge is -2.44. The molecular weight excluding hydrogens is 278 g/mol. The van der Waals surface area contributed by atoms with Gasteiger partial charge in [0.25, 0.3) is 0 Å². The van der Waals surface area contributed by atoms with Gasteiger partial charge < -0.3 is 14.7 Å². The van der Waals surface area contributed by atoms with Crippen LogP contribution in [0.5, 0.6) is 0 Å². The van der Waals surface area contributed by atoms with Gasteiger partial charge in [-0.1, -0.05) is 30.3 Å². The number of hydrogen-bond donors (Lipinski definition) is 1. The lowest BCUT2D eigenvalue weighted by Crippen LogP contribution is -2.69. The molecule has 1 aromatic rings. The number of hydroxylamine groups is 2. The minimum absolute atomic E-state index is 0.0779. The Morgan fingerprint density at radius 2 is 1.95 bits per heavy atom. The van der Waals surface area contributed by atoms with Crippen LogP contribution < -0.4 is 0 Å². The van der Waals surface area contributed by atoms with Crippen LogP contribution in [0.1, 0.15) is 16.8 Å². The van der Waals surface area contributed by atoms with Gasteiger partial charge in [-0.25, -0.2) is 9.59 Å². The Hall–Kier alpha value is -2.25. The molecule has 21 heavy (non-hydrogen) atoms. The van der Waals surface area contributed by atoms with Crippen molar-refractivity contribution >= 4 is 17.7 Å². The highest BCUT2D eigenvalue weighted by Gasteiger charge is 2.60. The van der Waals surface area contributed by atoms with Gasteiger partial charge in [-0.05, 0) is 0 Å². The highest BCUT2D eigenvalue weighted by atomic mass is 16.7. The van der Waals surface area contributed by atoms with E-state index in [1.807, 2.05) is 0 Å². The van der Waals surface area contributed by atoms with Crippen LogP contribution in [0.4, 0.5) is 0 Å². The number of carboxylic acids is 1. The Morgan fingerprint density at radius 3 is 2.43 bits per heavy atom. The Balaban J connectivity index is 2.01. The number of Topliss-reactive ketones (excluding diaryl/α,β-unsaturated/α-hetero) is 1. The van der Waals surface area contributed by atoms with Gasteiger partial charge in [-0.3, -0.25) is 4.79 Å². The fourth-order valence-electron chi connectivity index (χ4n) is 2.14. The quantitative estimate of drug-likeness (QED) is 0.464. The SMILES string of the molecule is CON1CCC1(C(=O)O)C(=O)OCC(=O)c1ccccc1. The number of esters is 1. The highest BCUT2D eigenvalue weighted by Crippen LogP contribution is 2.32. The molecule has 0 spiro atoms. The summed E-state index contributed by atoms with van der Waals surface area (Å²) in [5.41, 5.74) is -1.46. The van der Waals surface area contributed by atoms with Gasteiger partial charge in [-0.15, -0.1) is 0 Å². The number of ether oxygens (including phenoxy) is 1. The summed E-state index contributed by atoms with van der Waals surface area (Å²) >= 11 is 0. The smallest absolute Gasteiger partial charge is 0.341 e. The second kappa shape index (κ2) is 6.02. The minimum Gasteiger partial charge on any atom is -0.479 e. The first kappa shape index (κ1) is 15.1. The molecule has 1 atom stereocenters. The first-order valence-electron chi connectivity index (χ1n) is 6.33. The first-order chi connectivity index (χ1) is 10.0. The average Bonchev–Trinajstić information content (AvgIpc) is 2.45. The zero-order valence-electron chi connectivity index (χ0n) is 11.4. The van der Waals surface area contributed by atoms with Crippen molar-refractivity contribution in [2.24, 2.45) is 0 Å². The van der Waals surface area contributed by atoms with Crippen molar-refractivity contribution in [3.63, 3.8) is 0 Å². The predicted molar refractivity (Wildman–Crippen MR) is 70.4 cm³/mol. The maximum absolute atomic E-state index is 12.0. The molecule has 0 bridgehead atoms. The van der Waals surface area contributed by atoms with Crippen LogP contribution in [0.3, 0.4) is 0 Å². The van der Waals surface area contributed by atoms with Crippen LogP contribution in [-0.4, -0.2) is 53.7 Å². The van der Waals surface area contributed by atoms with Crippen LogP contribution in [0.2, 0.25) is 0 Å². The standard InChI is InChI=1S/C14H15NO6/c1-20-15-8-7-14(15,12(17)18)13(19)21-9-11(16)10-5-3-2-4-6-10/h2-6H,7-9H2,1H3,(H,17,18). The van der Waals surface area contributed by atoms with Crippen molar-refractivity contribution in [3.05, 3.63) is 35.9 Å². The molecule has 7 nitrogen and oxygen atoms in total. The van der Waals surface area contributed by atoms with E-state index in [0.717, 1.165) is 5.06 Å². The van der Waals surface area contributed by atoms with Gasteiger partial charge >= 0.3 is 11.9 Å². The number of carbonyl (C=O) groups is 3. The number of carboxylic acid groups (broad SMARTS) is 1. The molecule has 1 saturated heterocycles. The highest BCUT2D eigenvalue weighted by molar-refractivity contribution is 6.06. The fourth-order valence-corrected chi connectivity index (χ4v) is 2.14. The van der Waals surface area contributed by atoms with Crippen molar-refractivity contribution in [2.45, 2.75) is 12.0 Å². The Bertz CT molecular complexity index is 556. The zero-order chi connectivity index (χ0) is 15.5. The molecule has 1 aliphatic heterocycles. The van der Waals surface area contributed by atoms with Crippen LogP contribution >= 0.6 is 0 Å². The van der Waals surface area contributed by atoms with Crippen molar-refractivity contribution in [2.75, 3.05) is 20.3 Å².